The van der Waals surface area contributed by atoms with E-state index in [0.29, 0.717) is 16.5 Å². The van der Waals surface area contributed by atoms with Crippen LogP contribution in [0.25, 0.3) is 16.7 Å². The standard InChI is InChI=1S/C12H8N4O3/c17-9(5-10(18)12-13-15-16-14-12)8-6-19-11-4-2-1-3-7(8)11/h1-6,18H,(H,13,14,15,16). The molecule has 94 valence electrons. The van der Waals surface area contributed by atoms with Crippen molar-refractivity contribution in [2.24, 2.45) is 0 Å². The van der Waals surface area contributed by atoms with Crippen molar-refractivity contribution >= 4 is 22.5 Å². The van der Waals surface area contributed by atoms with Gasteiger partial charge in [-0.15, -0.1) is 10.2 Å². The maximum absolute atomic E-state index is 12.0. The number of hydrogen-bond donors (Lipinski definition) is 2. The average Bonchev–Trinajstić information content (AvgIpc) is 3.08. The van der Waals surface area contributed by atoms with Gasteiger partial charge in [0.1, 0.15) is 11.8 Å². The van der Waals surface area contributed by atoms with E-state index in [1.54, 1.807) is 18.2 Å². The lowest BCUT2D eigenvalue weighted by Crippen LogP contribution is -1.96. The van der Waals surface area contributed by atoms with Crippen LogP contribution in [0.4, 0.5) is 0 Å². The fourth-order valence-electron chi connectivity index (χ4n) is 1.71. The predicted molar refractivity (Wildman–Crippen MR) is 65.3 cm³/mol. The van der Waals surface area contributed by atoms with Crippen LogP contribution in [0, 0.1) is 0 Å². The molecule has 0 radical (unpaired) electrons. The van der Waals surface area contributed by atoms with Gasteiger partial charge in [-0.25, -0.2) is 0 Å². The molecular formula is C12H8N4O3. The number of tetrazole rings is 1. The molecule has 0 aliphatic carbocycles. The second kappa shape index (κ2) is 4.37. The zero-order valence-corrected chi connectivity index (χ0v) is 9.57. The lowest BCUT2D eigenvalue weighted by molar-refractivity contribution is 0.104. The highest BCUT2D eigenvalue weighted by Gasteiger charge is 2.14. The van der Waals surface area contributed by atoms with Crippen molar-refractivity contribution < 1.29 is 14.3 Å². The Morgan fingerprint density at radius 1 is 1.37 bits per heavy atom. The number of allylic oxidation sites excluding steroid dienone is 1. The molecule has 19 heavy (non-hydrogen) atoms. The second-order valence-corrected chi connectivity index (χ2v) is 3.77. The fraction of sp³-hybridized carbons (Fsp3) is 0. The lowest BCUT2D eigenvalue weighted by Gasteiger charge is -1.93. The number of rotatable bonds is 3. The Balaban J connectivity index is 1.99. The summed E-state index contributed by atoms with van der Waals surface area (Å²) in [6.07, 6.45) is 2.38. The Hall–Kier alpha value is -2.96. The van der Waals surface area contributed by atoms with Crippen molar-refractivity contribution in [2.45, 2.75) is 0 Å². The Labute approximate surface area is 106 Å². The quantitative estimate of drug-likeness (QED) is 0.420. The molecule has 0 aliphatic rings. The van der Waals surface area contributed by atoms with Crippen molar-refractivity contribution in [2.75, 3.05) is 0 Å². The van der Waals surface area contributed by atoms with E-state index in [4.69, 9.17) is 4.42 Å². The van der Waals surface area contributed by atoms with Crippen molar-refractivity contribution in [3.05, 3.63) is 48.0 Å². The summed E-state index contributed by atoms with van der Waals surface area (Å²) in [5.41, 5.74) is 0.976. The molecule has 2 aromatic heterocycles. The van der Waals surface area contributed by atoms with Gasteiger partial charge in [-0.2, -0.15) is 5.21 Å². The van der Waals surface area contributed by atoms with Gasteiger partial charge < -0.3 is 9.52 Å². The minimum atomic E-state index is -0.396. The third-order valence-corrected chi connectivity index (χ3v) is 2.59. The normalized spacial score (nSPS) is 11.9. The smallest absolute Gasteiger partial charge is 0.239 e. The molecule has 7 heteroatoms. The van der Waals surface area contributed by atoms with Crippen LogP contribution in [-0.2, 0) is 0 Å². The first-order chi connectivity index (χ1) is 9.25. The number of aromatic amines is 1. The molecule has 0 bridgehead atoms. The molecule has 0 unspecified atom stereocenters. The summed E-state index contributed by atoms with van der Waals surface area (Å²) in [6, 6.07) is 7.14. The van der Waals surface area contributed by atoms with E-state index in [9.17, 15) is 9.90 Å². The van der Waals surface area contributed by atoms with E-state index in [-0.39, 0.29) is 11.6 Å². The van der Waals surface area contributed by atoms with Gasteiger partial charge in [0.05, 0.1) is 5.56 Å². The highest BCUT2D eigenvalue weighted by atomic mass is 16.3. The molecule has 0 atom stereocenters. The number of aliphatic hydroxyl groups is 1. The molecule has 2 N–H and O–H groups in total. The molecule has 1 aromatic carbocycles. The van der Waals surface area contributed by atoms with E-state index < -0.39 is 5.78 Å². The molecule has 2 heterocycles. The number of fused-ring (bicyclic) bond motifs is 1. The summed E-state index contributed by atoms with van der Waals surface area (Å²) in [4.78, 5) is 12.0. The van der Waals surface area contributed by atoms with Crippen molar-refractivity contribution in [1.29, 1.82) is 0 Å². The lowest BCUT2D eigenvalue weighted by atomic mass is 10.1. The maximum Gasteiger partial charge on any atom is 0.239 e. The number of H-pyrrole nitrogens is 1. The number of aliphatic hydroxyl groups excluding tert-OH is 1. The number of carbonyl (C=O) groups excluding carboxylic acids is 1. The number of para-hydroxylation sites is 1. The minimum absolute atomic E-state index is 0.0406. The Bertz CT molecular complexity index is 758. The first-order valence-corrected chi connectivity index (χ1v) is 5.41. The molecule has 0 aliphatic heterocycles. The SMILES string of the molecule is O=C(C=C(O)c1nn[nH]n1)c1coc2ccccc12. The number of aromatic nitrogens is 4. The molecule has 7 nitrogen and oxygen atoms in total. The van der Waals surface area contributed by atoms with Gasteiger partial charge in [0.2, 0.25) is 5.82 Å². The van der Waals surface area contributed by atoms with E-state index in [1.807, 2.05) is 6.07 Å². The van der Waals surface area contributed by atoms with Crippen molar-refractivity contribution in [1.82, 2.24) is 20.6 Å². The van der Waals surface area contributed by atoms with Gasteiger partial charge in [0.15, 0.2) is 11.5 Å². The number of hydrogen-bond acceptors (Lipinski definition) is 6. The van der Waals surface area contributed by atoms with Gasteiger partial charge in [0.25, 0.3) is 0 Å². The first kappa shape index (κ1) is 11.1. The molecule has 3 rings (SSSR count). The summed E-state index contributed by atoms with van der Waals surface area (Å²) in [5.74, 6) is -0.794. The Morgan fingerprint density at radius 2 is 2.21 bits per heavy atom. The third-order valence-electron chi connectivity index (χ3n) is 2.59. The molecule has 3 aromatic rings. The van der Waals surface area contributed by atoms with Crippen LogP contribution >= 0.6 is 0 Å². The van der Waals surface area contributed by atoms with Crippen LogP contribution < -0.4 is 0 Å². The van der Waals surface area contributed by atoms with Gasteiger partial charge >= 0.3 is 0 Å². The van der Waals surface area contributed by atoms with E-state index >= 15 is 0 Å². The van der Waals surface area contributed by atoms with Gasteiger partial charge in [-0.3, -0.25) is 4.79 Å². The molecular weight excluding hydrogens is 248 g/mol. The molecule has 0 saturated heterocycles. The zero-order chi connectivity index (χ0) is 13.2. The van der Waals surface area contributed by atoms with Crippen molar-refractivity contribution in [3.8, 4) is 0 Å². The number of carbonyl (C=O) groups is 1. The largest absolute Gasteiger partial charge is 0.504 e. The Kier molecular flexibility index (Phi) is 2.57. The first-order valence-electron chi connectivity index (χ1n) is 5.41. The number of nitrogens with zero attached hydrogens (tertiary/aromatic N) is 3. The van der Waals surface area contributed by atoms with E-state index in [0.717, 1.165) is 6.08 Å². The van der Waals surface area contributed by atoms with Crippen LogP contribution in [0.1, 0.15) is 16.2 Å². The highest BCUT2D eigenvalue weighted by molar-refractivity contribution is 6.14. The molecule has 0 saturated carbocycles. The second-order valence-electron chi connectivity index (χ2n) is 3.77. The number of ketones is 1. The Morgan fingerprint density at radius 3 is 3.00 bits per heavy atom. The minimum Gasteiger partial charge on any atom is -0.504 e. The van der Waals surface area contributed by atoms with Gasteiger partial charge in [-0.1, -0.05) is 18.2 Å². The summed E-state index contributed by atoms with van der Waals surface area (Å²) in [5, 5.41) is 23.0. The molecule has 0 amide bonds. The van der Waals surface area contributed by atoms with Crippen LogP contribution in [0.3, 0.4) is 0 Å². The fourth-order valence-corrected chi connectivity index (χ4v) is 1.71. The van der Waals surface area contributed by atoms with Gasteiger partial charge in [0, 0.05) is 11.5 Å². The topological polar surface area (TPSA) is 105 Å². The zero-order valence-electron chi connectivity index (χ0n) is 9.57. The number of benzene rings is 1. The number of nitrogens with one attached hydrogen (secondary N) is 1. The van der Waals surface area contributed by atoms with Crippen molar-refractivity contribution in [3.63, 3.8) is 0 Å². The molecule has 0 spiro atoms. The average molecular weight is 256 g/mol. The van der Waals surface area contributed by atoms with Crippen LogP contribution in [0.2, 0.25) is 0 Å². The van der Waals surface area contributed by atoms with Crippen LogP contribution in [0.15, 0.2) is 41.0 Å². The maximum atomic E-state index is 12.0. The third kappa shape index (κ3) is 1.97. The van der Waals surface area contributed by atoms with E-state index in [1.165, 1.54) is 6.26 Å². The predicted octanol–water partition coefficient (Wildman–Crippen LogP) is 1.73. The molecule has 0 fully saturated rings. The van der Waals surface area contributed by atoms with Crippen LogP contribution in [-0.4, -0.2) is 31.5 Å². The summed E-state index contributed by atoms with van der Waals surface area (Å²) in [7, 11) is 0. The van der Waals surface area contributed by atoms with Gasteiger partial charge in [-0.05, 0) is 11.3 Å². The van der Waals surface area contributed by atoms with E-state index in [2.05, 4.69) is 20.6 Å². The van der Waals surface area contributed by atoms with Crippen LogP contribution in [0.5, 0.6) is 0 Å². The summed E-state index contributed by atoms with van der Waals surface area (Å²) in [6.45, 7) is 0. The monoisotopic (exact) mass is 256 g/mol. The number of furan rings is 1. The summed E-state index contributed by atoms with van der Waals surface area (Å²) >= 11 is 0. The summed E-state index contributed by atoms with van der Waals surface area (Å²) < 4.78 is 5.26. The highest BCUT2D eigenvalue weighted by Crippen LogP contribution is 2.22.